The van der Waals surface area contributed by atoms with Crippen LogP contribution in [0.1, 0.15) is 37.6 Å². The zero-order valence-corrected chi connectivity index (χ0v) is 8.08. The Bertz CT molecular complexity index is 250. The minimum Gasteiger partial charge on any atom is -0.364 e. The fraction of sp³-hybridized carbons (Fsp3) is 0.600. The van der Waals surface area contributed by atoms with Gasteiger partial charge in [-0.25, -0.2) is 0 Å². The molecular formula is C10H17N. The highest BCUT2D eigenvalue weighted by Gasteiger charge is 2.17. The van der Waals surface area contributed by atoms with Crippen molar-refractivity contribution in [2.24, 2.45) is 0 Å². The molecule has 0 amide bonds. The number of H-pyrrole nitrogens is 1. The molecule has 62 valence electrons. The summed E-state index contributed by atoms with van der Waals surface area (Å²) >= 11 is 0. The SMILES string of the molecule is Cc1c[nH]c(C(C)(C)C)c1C. The topological polar surface area (TPSA) is 15.8 Å². The van der Waals surface area contributed by atoms with Gasteiger partial charge < -0.3 is 4.98 Å². The van der Waals surface area contributed by atoms with Crippen molar-refractivity contribution >= 4 is 0 Å². The second-order valence-electron chi connectivity index (χ2n) is 4.22. The van der Waals surface area contributed by atoms with Crippen molar-refractivity contribution in [3.63, 3.8) is 0 Å². The molecule has 0 saturated heterocycles. The Balaban J connectivity index is 3.15. The lowest BCUT2D eigenvalue weighted by atomic mass is 9.89. The van der Waals surface area contributed by atoms with Gasteiger partial charge >= 0.3 is 0 Å². The van der Waals surface area contributed by atoms with E-state index in [9.17, 15) is 0 Å². The van der Waals surface area contributed by atoms with Gasteiger partial charge in [-0.05, 0) is 25.0 Å². The summed E-state index contributed by atoms with van der Waals surface area (Å²) in [5, 5.41) is 0. The molecule has 0 fully saturated rings. The standard InChI is InChI=1S/C10H17N/c1-7-6-11-9(8(7)2)10(3,4)5/h6,11H,1-5H3. The maximum atomic E-state index is 3.31. The van der Waals surface area contributed by atoms with Gasteiger partial charge in [0.15, 0.2) is 0 Å². The molecule has 1 heteroatoms. The quantitative estimate of drug-likeness (QED) is 0.586. The Morgan fingerprint density at radius 2 is 1.73 bits per heavy atom. The smallest absolute Gasteiger partial charge is 0.0234 e. The summed E-state index contributed by atoms with van der Waals surface area (Å²) in [6, 6.07) is 0. The fourth-order valence-corrected chi connectivity index (χ4v) is 1.37. The summed E-state index contributed by atoms with van der Waals surface area (Å²) in [5.41, 5.74) is 4.36. The van der Waals surface area contributed by atoms with Gasteiger partial charge in [0, 0.05) is 17.3 Å². The van der Waals surface area contributed by atoms with Crippen LogP contribution in [0.4, 0.5) is 0 Å². The Hall–Kier alpha value is -0.720. The summed E-state index contributed by atoms with van der Waals surface area (Å²) < 4.78 is 0. The summed E-state index contributed by atoms with van der Waals surface area (Å²) in [6.45, 7) is 11.0. The monoisotopic (exact) mass is 151 g/mol. The first-order chi connectivity index (χ1) is 4.93. The van der Waals surface area contributed by atoms with E-state index in [2.05, 4.69) is 45.8 Å². The summed E-state index contributed by atoms with van der Waals surface area (Å²) in [7, 11) is 0. The average molecular weight is 151 g/mol. The lowest BCUT2D eigenvalue weighted by Crippen LogP contribution is -2.12. The summed E-state index contributed by atoms with van der Waals surface area (Å²) in [4.78, 5) is 3.31. The molecule has 0 aliphatic rings. The van der Waals surface area contributed by atoms with Crippen molar-refractivity contribution in [3.8, 4) is 0 Å². The minimum atomic E-state index is 0.248. The van der Waals surface area contributed by atoms with Crippen molar-refractivity contribution in [2.75, 3.05) is 0 Å². The van der Waals surface area contributed by atoms with Crippen LogP contribution in [0.2, 0.25) is 0 Å². The first-order valence-electron chi connectivity index (χ1n) is 4.08. The zero-order valence-electron chi connectivity index (χ0n) is 8.08. The van der Waals surface area contributed by atoms with E-state index < -0.39 is 0 Å². The Kier molecular flexibility index (Phi) is 1.83. The molecule has 0 unspecified atom stereocenters. The highest BCUT2D eigenvalue weighted by Crippen LogP contribution is 2.25. The molecule has 0 radical (unpaired) electrons. The zero-order chi connectivity index (χ0) is 8.65. The predicted molar refractivity (Wildman–Crippen MR) is 49.0 cm³/mol. The Morgan fingerprint density at radius 3 is 1.91 bits per heavy atom. The number of rotatable bonds is 0. The van der Waals surface area contributed by atoms with Crippen LogP contribution in [-0.2, 0) is 5.41 Å². The maximum absolute atomic E-state index is 3.31. The lowest BCUT2D eigenvalue weighted by Gasteiger charge is -2.18. The van der Waals surface area contributed by atoms with Crippen molar-refractivity contribution < 1.29 is 0 Å². The van der Waals surface area contributed by atoms with E-state index in [0.29, 0.717) is 0 Å². The third-order valence-electron chi connectivity index (χ3n) is 2.15. The first-order valence-corrected chi connectivity index (χ1v) is 4.08. The van der Waals surface area contributed by atoms with E-state index in [1.165, 1.54) is 16.8 Å². The van der Waals surface area contributed by atoms with Crippen LogP contribution in [0, 0.1) is 13.8 Å². The molecule has 0 aliphatic heterocycles. The highest BCUT2D eigenvalue weighted by atomic mass is 14.7. The second kappa shape index (κ2) is 2.40. The van der Waals surface area contributed by atoms with Crippen molar-refractivity contribution in [1.82, 2.24) is 4.98 Å². The average Bonchev–Trinajstić information content (AvgIpc) is 2.11. The molecule has 11 heavy (non-hydrogen) atoms. The van der Waals surface area contributed by atoms with E-state index in [0.717, 1.165) is 0 Å². The van der Waals surface area contributed by atoms with E-state index in [1.54, 1.807) is 0 Å². The van der Waals surface area contributed by atoms with Crippen LogP contribution in [0.25, 0.3) is 0 Å². The molecule has 1 rings (SSSR count). The molecule has 1 aromatic rings. The van der Waals surface area contributed by atoms with Gasteiger partial charge in [-0.2, -0.15) is 0 Å². The third kappa shape index (κ3) is 1.47. The highest BCUT2D eigenvalue weighted by molar-refractivity contribution is 5.32. The van der Waals surface area contributed by atoms with Crippen LogP contribution in [0.5, 0.6) is 0 Å². The number of aromatic amines is 1. The normalized spacial score (nSPS) is 12.1. The molecule has 0 atom stereocenters. The predicted octanol–water partition coefficient (Wildman–Crippen LogP) is 2.93. The molecular weight excluding hydrogens is 134 g/mol. The first kappa shape index (κ1) is 8.38. The number of nitrogens with one attached hydrogen (secondary N) is 1. The number of aromatic nitrogens is 1. The van der Waals surface area contributed by atoms with Gasteiger partial charge in [-0.15, -0.1) is 0 Å². The van der Waals surface area contributed by atoms with E-state index >= 15 is 0 Å². The lowest BCUT2D eigenvalue weighted by molar-refractivity contribution is 0.569. The number of aryl methyl sites for hydroxylation is 1. The fourth-order valence-electron chi connectivity index (χ4n) is 1.37. The summed E-state index contributed by atoms with van der Waals surface area (Å²) in [5.74, 6) is 0. The molecule has 1 aromatic heterocycles. The summed E-state index contributed by atoms with van der Waals surface area (Å²) in [6.07, 6.45) is 2.08. The van der Waals surface area contributed by atoms with Gasteiger partial charge in [0.1, 0.15) is 0 Å². The van der Waals surface area contributed by atoms with Crippen LogP contribution in [-0.4, -0.2) is 4.98 Å². The minimum absolute atomic E-state index is 0.248. The van der Waals surface area contributed by atoms with Gasteiger partial charge in [0.05, 0.1) is 0 Å². The van der Waals surface area contributed by atoms with Gasteiger partial charge in [0.2, 0.25) is 0 Å². The van der Waals surface area contributed by atoms with E-state index in [4.69, 9.17) is 0 Å². The molecule has 0 bridgehead atoms. The number of hydrogen-bond acceptors (Lipinski definition) is 0. The Labute approximate surface area is 68.8 Å². The van der Waals surface area contributed by atoms with Crippen molar-refractivity contribution in [1.29, 1.82) is 0 Å². The van der Waals surface area contributed by atoms with E-state index in [1.807, 2.05) is 0 Å². The molecule has 0 aromatic carbocycles. The van der Waals surface area contributed by atoms with Crippen LogP contribution >= 0.6 is 0 Å². The molecule has 0 spiro atoms. The van der Waals surface area contributed by atoms with Crippen LogP contribution in [0.3, 0.4) is 0 Å². The molecule has 0 saturated carbocycles. The van der Waals surface area contributed by atoms with Crippen LogP contribution in [0.15, 0.2) is 6.20 Å². The van der Waals surface area contributed by atoms with Crippen molar-refractivity contribution in [3.05, 3.63) is 23.0 Å². The third-order valence-corrected chi connectivity index (χ3v) is 2.15. The van der Waals surface area contributed by atoms with E-state index in [-0.39, 0.29) is 5.41 Å². The molecule has 1 heterocycles. The van der Waals surface area contributed by atoms with Crippen LogP contribution < -0.4 is 0 Å². The Morgan fingerprint density at radius 1 is 1.18 bits per heavy atom. The van der Waals surface area contributed by atoms with Crippen molar-refractivity contribution in [2.45, 2.75) is 40.0 Å². The van der Waals surface area contributed by atoms with Gasteiger partial charge in [0.25, 0.3) is 0 Å². The molecule has 0 aliphatic carbocycles. The second-order valence-corrected chi connectivity index (χ2v) is 4.22. The largest absolute Gasteiger partial charge is 0.364 e. The molecule has 1 nitrogen and oxygen atoms in total. The number of hydrogen-bond donors (Lipinski definition) is 1. The maximum Gasteiger partial charge on any atom is 0.0234 e. The molecule has 1 N–H and O–H groups in total. The van der Waals surface area contributed by atoms with Gasteiger partial charge in [-0.1, -0.05) is 20.8 Å². The van der Waals surface area contributed by atoms with Gasteiger partial charge in [-0.3, -0.25) is 0 Å².